The van der Waals surface area contributed by atoms with E-state index in [0.717, 1.165) is 50.0 Å². The van der Waals surface area contributed by atoms with Crippen LogP contribution < -0.4 is 9.47 Å². The van der Waals surface area contributed by atoms with Crippen LogP contribution in [0.2, 0.25) is 0 Å². The second kappa shape index (κ2) is 17.4. The fourth-order valence-electron chi connectivity index (χ4n) is 3.60. The first-order chi connectivity index (χ1) is 15.8. The average molecular weight is 443 g/mol. The van der Waals surface area contributed by atoms with E-state index in [9.17, 15) is 0 Å². The van der Waals surface area contributed by atoms with Crippen LogP contribution in [0.4, 0.5) is 0 Å². The Morgan fingerprint density at radius 3 is 1.69 bits per heavy atom. The molecule has 1 heterocycles. The van der Waals surface area contributed by atoms with Crippen molar-refractivity contribution in [3.63, 3.8) is 0 Å². The third kappa shape index (κ3) is 11.5. The number of nitrogens with zero attached hydrogens (tertiary/aromatic N) is 2. The quantitative estimate of drug-likeness (QED) is 0.238. The van der Waals surface area contributed by atoms with Crippen molar-refractivity contribution < 1.29 is 14.6 Å². The Bertz CT molecular complexity index is 628. The van der Waals surface area contributed by atoms with Crippen LogP contribution in [0.25, 0.3) is 11.4 Å². The lowest BCUT2D eigenvalue weighted by Gasteiger charge is -2.08. The van der Waals surface area contributed by atoms with Gasteiger partial charge in [0.15, 0.2) is 11.6 Å². The predicted octanol–water partition coefficient (Wildman–Crippen LogP) is 6.98. The predicted molar refractivity (Wildman–Crippen MR) is 131 cm³/mol. The molecule has 0 radical (unpaired) electrons. The molecular formula is C27H42N2O3. The molecular weight excluding hydrogens is 400 g/mol. The van der Waals surface area contributed by atoms with Gasteiger partial charge < -0.3 is 14.6 Å². The molecule has 2 rings (SSSR count). The van der Waals surface area contributed by atoms with Gasteiger partial charge in [0.2, 0.25) is 0 Å². The second-order valence-corrected chi connectivity index (χ2v) is 8.43. The van der Waals surface area contributed by atoms with Crippen LogP contribution in [0.1, 0.15) is 90.4 Å². The number of aromatic nitrogens is 2. The van der Waals surface area contributed by atoms with E-state index < -0.39 is 0 Å². The smallest absolute Gasteiger partial charge is 0.159 e. The van der Waals surface area contributed by atoms with Crippen molar-refractivity contribution in [3.05, 3.63) is 36.7 Å². The first kappa shape index (κ1) is 26.1. The summed E-state index contributed by atoms with van der Waals surface area (Å²) in [6.07, 6.45) is 19.1. The van der Waals surface area contributed by atoms with Gasteiger partial charge in [-0.1, -0.05) is 71.1 Å². The number of hydrogen-bond acceptors (Lipinski definition) is 5. The van der Waals surface area contributed by atoms with Crippen LogP contribution in [0.3, 0.4) is 0 Å². The summed E-state index contributed by atoms with van der Waals surface area (Å²) in [6, 6.07) is 8.00. The van der Waals surface area contributed by atoms with E-state index in [1.54, 1.807) is 12.4 Å². The molecule has 0 aliphatic carbocycles. The summed E-state index contributed by atoms with van der Waals surface area (Å²) in [5, 5.41) is 8.77. The van der Waals surface area contributed by atoms with Crippen molar-refractivity contribution in [1.82, 2.24) is 9.97 Å². The summed E-state index contributed by atoms with van der Waals surface area (Å²) >= 11 is 0. The Balaban J connectivity index is 1.61. The van der Waals surface area contributed by atoms with E-state index in [1.807, 2.05) is 24.3 Å². The van der Waals surface area contributed by atoms with Gasteiger partial charge >= 0.3 is 0 Å². The van der Waals surface area contributed by atoms with Gasteiger partial charge in [-0.05, 0) is 43.5 Å². The molecule has 0 spiro atoms. The number of unbranched alkanes of at least 4 members (excludes halogenated alkanes) is 11. The largest absolute Gasteiger partial charge is 0.494 e. The van der Waals surface area contributed by atoms with Crippen molar-refractivity contribution in [2.75, 3.05) is 19.8 Å². The Hall–Kier alpha value is -2.14. The maximum atomic E-state index is 8.77. The molecule has 0 unspecified atom stereocenters. The van der Waals surface area contributed by atoms with Crippen molar-refractivity contribution in [1.29, 1.82) is 0 Å². The van der Waals surface area contributed by atoms with Gasteiger partial charge in [-0.2, -0.15) is 0 Å². The Labute approximate surface area is 194 Å². The molecule has 0 atom stereocenters. The second-order valence-electron chi connectivity index (χ2n) is 8.43. The van der Waals surface area contributed by atoms with Crippen molar-refractivity contribution in [3.8, 4) is 22.9 Å². The minimum atomic E-state index is 0.302. The molecule has 32 heavy (non-hydrogen) atoms. The molecule has 0 saturated carbocycles. The molecule has 178 valence electrons. The molecule has 0 aliphatic rings. The molecule has 0 bridgehead atoms. The highest BCUT2D eigenvalue weighted by atomic mass is 16.5. The molecule has 1 aromatic carbocycles. The third-order valence-corrected chi connectivity index (χ3v) is 5.58. The average Bonchev–Trinajstić information content (AvgIpc) is 2.83. The molecule has 0 fully saturated rings. The molecule has 2 aromatic rings. The SMILES string of the molecule is CCCCCCCCCOc1ccc(-c2ncc(OCCCCCCCCO)cn2)cc1. The number of hydrogen-bond donors (Lipinski definition) is 1. The number of benzene rings is 1. The van der Waals surface area contributed by atoms with Gasteiger partial charge in [0, 0.05) is 12.2 Å². The van der Waals surface area contributed by atoms with Crippen LogP contribution in [0.15, 0.2) is 36.7 Å². The molecule has 5 heteroatoms. The molecule has 0 aliphatic heterocycles. The zero-order chi connectivity index (χ0) is 22.7. The highest BCUT2D eigenvalue weighted by molar-refractivity contribution is 5.56. The molecule has 1 aromatic heterocycles. The maximum Gasteiger partial charge on any atom is 0.159 e. The van der Waals surface area contributed by atoms with E-state index >= 15 is 0 Å². The van der Waals surface area contributed by atoms with Gasteiger partial charge in [0.25, 0.3) is 0 Å². The van der Waals surface area contributed by atoms with Crippen LogP contribution in [0, 0.1) is 0 Å². The Morgan fingerprint density at radius 2 is 1.12 bits per heavy atom. The van der Waals surface area contributed by atoms with Gasteiger partial charge in [0.05, 0.1) is 25.6 Å². The molecule has 1 N–H and O–H groups in total. The lowest BCUT2D eigenvalue weighted by Crippen LogP contribution is -1.99. The summed E-state index contributed by atoms with van der Waals surface area (Å²) in [4.78, 5) is 8.89. The zero-order valence-corrected chi connectivity index (χ0v) is 19.9. The monoisotopic (exact) mass is 442 g/mol. The van der Waals surface area contributed by atoms with Crippen LogP contribution >= 0.6 is 0 Å². The standard InChI is InChI=1S/C27H42N2O3/c1-2-3-4-5-7-10-13-20-31-25-17-15-24(16-18-25)27-28-22-26(23-29-27)32-21-14-11-8-6-9-12-19-30/h15-18,22-23,30H,2-14,19-21H2,1H3. The number of rotatable bonds is 19. The van der Waals surface area contributed by atoms with Crippen LogP contribution in [0.5, 0.6) is 11.5 Å². The van der Waals surface area contributed by atoms with Gasteiger partial charge in [-0.3, -0.25) is 0 Å². The first-order valence-electron chi connectivity index (χ1n) is 12.6. The minimum Gasteiger partial charge on any atom is -0.494 e. The van der Waals surface area contributed by atoms with Gasteiger partial charge in [-0.25, -0.2) is 9.97 Å². The zero-order valence-electron chi connectivity index (χ0n) is 19.9. The van der Waals surface area contributed by atoms with E-state index in [0.29, 0.717) is 24.8 Å². The topological polar surface area (TPSA) is 64.5 Å². The highest BCUT2D eigenvalue weighted by Gasteiger charge is 2.03. The first-order valence-corrected chi connectivity index (χ1v) is 12.6. The van der Waals surface area contributed by atoms with Gasteiger partial charge in [0.1, 0.15) is 5.75 Å². The van der Waals surface area contributed by atoms with E-state index in [-0.39, 0.29) is 0 Å². The van der Waals surface area contributed by atoms with Crippen LogP contribution in [-0.2, 0) is 0 Å². The Kier molecular flexibility index (Phi) is 14.2. The van der Waals surface area contributed by atoms with Crippen molar-refractivity contribution >= 4 is 0 Å². The minimum absolute atomic E-state index is 0.302. The lowest BCUT2D eigenvalue weighted by molar-refractivity contribution is 0.280. The van der Waals surface area contributed by atoms with E-state index in [1.165, 1.54) is 51.4 Å². The summed E-state index contributed by atoms with van der Waals surface area (Å²) in [5.41, 5.74) is 0.975. The van der Waals surface area contributed by atoms with E-state index in [2.05, 4.69) is 16.9 Å². The summed E-state index contributed by atoms with van der Waals surface area (Å²) in [5.74, 6) is 2.31. The molecule has 0 amide bonds. The van der Waals surface area contributed by atoms with Gasteiger partial charge in [-0.15, -0.1) is 0 Å². The maximum absolute atomic E-state index is 8.77. The van der Waals surface area contributed by atoms with E-state index in [4.69, 9.17) is 14.6 Å². The van der Waals surface area contributed by atoms with Crippen LogP contribution in [-0.4, -0.2) is 34.9 Å². The number of aliphatic hydroxyl groups excluding tert-OH is 1. The summed E-state index contributed by atoms with van der Waals surface area (Å²) in [7, 11) is 0. The molecule has 5 nitrogen and oxygen atoms in total. The fraction of sp³-hybridized carbons (Fsp3) is 0.630. The Morgan fingerprint density at radius 1 is 0.625 bits per heavy atom. The van der Waals surface area contributed by atoms with Crippen molar-refractivity contribution in [2.45, 2.75) is 90.4 Å². The fourth-order valence-corrected chi connectivity index (χ4v) is 3.60. The highest BCUT2D eigenvalue weighted by Crippen LogP contribution is 2.21. The molecule has 0 saturated heterocycles. The number of ether oxygens (including phenoxy) is 2. The lowest BCUT2D eigenvalue weighted by atomic mass is 10.1. The number of aliphatic hydroxyl groups is 1. The van der Waals surface area contributed by atoms with Crippen molar-refractivity contribution in [2.24, 2.45) is 0 Å². The third-order valence-electron chi connectivity index (χ3n) is 5.58. The summed E-state index contributed by atoms with van der Waals surface area (Å²) in [6.45, 7) is 4.02. The normalized spacial score (nSPS) is 10.9. The summed E-state index contributed by atoms with van der Waals surface area (Å²) < 4.78 is 11.6.